The number of nitrogens with one attached hydrogen (secondary N) is 1. The second kappa shape index (κ2) is 11.7. The molecule has 1 aliphatic heterocycles. The number of ether oxygens (including phenoxy) is 1. The molecule has 35 heavy (non-hydrogen) atoms. The maximum absolute atomic E-state index is 6.26. The number of hydrogen-bond acceptors (Lipinski definition) is 4. The van der Waals surface area contributed by atoms with E-state index in [-0.39, 0.29) is 10.8 Å². The van der Waals surface area contributed by atoms with Gasteiger partial charge in [-0.15, -0.1) is 11.6 Å². The number of hydrogen-bond donors (Lipinski definition) is 1. The third-order valence-electron chi connectivity index (χ3n) is 7.38. The molecular formula is C30H40ClN3O. The van der Waals surface area contributed by atoms with Crippen LogP contribution >= 0.6 is 11.6 Å². The van der Waals surface area contributed by atoms with E-state index in [1.54, 1.807) is 0 Å². The minimum absolute atomic E-state index is 0.155. The van der Waals surface area contributed by atoms with Crippen LogP contribution in [0.1, 0.15) is 46.1 Å². The Morgan fingerprint density at radius 2 is 1.97 bits per heavy atom. The summed E-state index contributed by atoms with van der Waals surface area (Å²) in [5.41, 5.74) is 2.90. The SMILES string of the molecule is CC(C)[C@H](CN1CC[C@H](C2=CCC(Cl)C=C2)C(C)(C)C1)NCc1ccc(Oc2ccccc2)nc1. The summed E-state index contributed by atoms with van der Waals surface area (Å²) in [6, 6.07) is 14.2. The average molecular weight is 494 g/mol. The van der Waals surface area contributed by atoms with Crippen LogP contribution in [0.4, 0.5) is 0 Å². The minimum atomic E-state index is 0.155. The van der Waals surface area contributed by atoms with Gasteiger partial charge in [0.25, 0.3) is 0 Å². The molecule has 1 aromatic heterocycles. The predicted molar refractivity (Wildman–Crippen MR) is 146 cm³/mol. The van der Waals surface area contributed by atoms with E-state index in [0.717, 1.165) is 38.3 Å². The van der Waals surface area contributed by atoms with Gasteiger partial charge in [0, 0.05) is 37.9 Å². The molecule has 1 aliphatic carbocycles. The smallest absolute Gasteiger partial charge is 0.219 e. The van der Waals surface area contributed by atoms with E-state index < -0.39 is 0 Å². The van der Waals surface area contributed by atoms with Gasteiger partial charge in [0.05, 0.1) is 5.38 Å². The molecule has 0 spiro atoms. The molecule has 188 valence electrons. The van der Waals surface area contributed by atoms with Crippen LogP contribution in [-0.4, -0.2) is 40.9 Å². The standard InChI is InChI=1S/C30H40ClN3O/c1-22(2)28(32-18-23-10-15-29(33-19-23)35-26-8-6-5-7-9-26)20-34-17-16-27(30(3,4)21-34)24-11-13-25(31)14-12-24/h5-13,15,19,22,25,27-28,32H,14,16-18,20-21H2,1-4H3/t25?,27-,28+/m1/s1. The monoisotopic (exact) mass is 493 g/mol. The van der Waals surface area contributed by atoms with Crippen LogP contribution in [0.15, 0.2) is 72.5 Å². The maximum Gasteiger partial charge on any atom is 0.219 e. The molecule has 5 heteroatoms. The van der Waals surface area contributed by atoms with E-state index in [1.165, 1.54) is 17.6 Å². The lowest BCUT2D eigenvalue weighted by molar-refractivity contribution is 0.0630. The number of likely N-dealkylation sites (tertiary alicyclic amines) is 1. The van der Waals surface area contributed by atoms with Gasteiger partial charge in [-0.05, 0) is 59.9 Å². The van der Waals surface area contributed by atoms with Crippen molar-refractivity contribution < 1.29 is 4.74 Å². The summed E-state index contributed by atoms with van der Waals surface area (Å²) in [7, 11) is 0. The summed E-state index contributed by atoms with van der Waals surface area (Å²) < 4.78 is 5.82. The fourth-order valence-electron chi connectivity index (χ4n) is 5.33. The van der Waals surface area contributed by atoms with Crippen LogP contribution in [0.5, 0.6) is 11.6 Å². The van der Waals surface area contributed by atoms with Gasteiger partial charge in [0.15, 0.2) is 0 Å². The summed E-state index contributed by atoms with van der Waals surface area (Å²) in [6.07, 6.45) is 10.9. The molecule has 0 amide bonds. The first-order valence-electron chi connectivity index (χ1n) is 13.0. The Bertz CT molecular complexity index is 1000. The van der Waals surface area contributed by atoms with Crippen LogP contribution in [0.2, 0.25) is 0 Å². The van der Waals surface area contributed by atoms with Gasteiger partial charge in [-0.2, -0.15) is 0 Å². The first-order valence-corrected chi connectivity index (χ1v) is 13.4. The molecule has 2 heterocycles. The van der Waals surface area contributed by atoms with Crippen molar-refractivity contribution in [1.29, 1.82) is 0 Å². The van der Waals surface area contributed by atoms with Crippen molar-refractivity contribution in [2.24, 2.45) is 17.3 Å². The summed E-state index contributed by atoms with van der Waals surface area (Å²) >= 11 is 6.26. The number of alkyl halides is 1. The highest BCUT2D eigenvalue weighted by atomic mass is 35.5. The van der Waals surface area contributed by atoms with E-state index in [9.17, 15) is 0 Å². The molecule has 1 N–H and O–H groups in total. The molecule has 3 atom stereocenters. The number of nitrogens with zero attached hydrogens (tertiary/aromatic N) is 2. The molecule has 2 aromatic rings. The van der Waals surface area contributed by atoms with Crippen LogP contribution in [0.3, 0.4) is 0 Å². The Morgan fingerprint density at radius 3 is 2.60 bits per heavy atom. The highest BCUT2D eigenvalue weighted by Gasteiger charge is 2.38. The summed E-state index contributed by atoms with van der Waals surface area (Å²) in [5, 5.41) is 3.95. The Morgan fingerprint density at radius 1 is 1.17 bits per heavy atom. The number of pyridine rings is 1. The van der Waals surface area contributed by atoms with Gasteiger partial charge >= 0.3 is 0 Å². The summed E-state index contributed by atoms with van der Waals surface area (Å²) in [4.78, 5) is 7.15. The number of rotatable bonds is 9. The molecular weight excluding hydrogens is 454 g/mol. The summed E-state index contributed by atoms with van der Waals surface area (Å²) in [5.74, 6) is 2.58. The number of halogens is 1. The van der Waals surface area contributed by atoms with E-state index in [4.69, 9.17) is 16.3 Å². The topological polar surface area (TPSA) is 37.4 Å². The van der Waals surface area contributed by atoms with Gasteiger partial charge in [-0.25, -0.2) is 4.98 Å². The van der Waals surface area contributed by atoms with Gasteiger partial charge in [0.2, 0.25) is 5.88 Å². The van der Waals surface area contributed by atoms with Crippen molar-refractivity contribution in [3.05, 3.63) is 78.0 Å². The minimum Gasteiger partial charge on any atom is -0.439 e. The Hall–Kier alpha value is -2.14. The van der Waals surface area contributed by atoms with Crippen LogP contribution in [-0.2, 0) is 6.54 Å². The van der Waals surface area contributed by atoms with Crippen LogP contribution < -0.4 is 10.1 Å². The summed E-state index contributed by atoms with van der Waals surface area (Å²) in [6.45, 7) is 13.6. The van der Waals surface area contributed by atoms with E-state index in [0.29, 0.717) is 23.8 Å². The van der Waals surface area contributed by atoms with Gasteiger partial charge in [-0.1, -0.05) is 70.2 Å². The van der Waals surface area contributed by atoms with Crippen molar-refractivity contribution in [3.8, 4) is 11.6 Å². The second-order valence-electron chi connectivity index (χ2n) is 11.0. The highest BCUT2D eigenvalue weighted by Crippen LogP contribution is 2.41. The van der Waals surface area contributed by atoms with Gasteiger partial charge in [0.1, 0.15) is 5.75 Å². The zero-order valence-corrected chi connectivity index (χ0v) is 22.3. The van der Waals surface area contributed by atoms with Crippen molar-refractivity contribution in [2.75, 3.05) is 19.6 Å². The Labute approximate surface area is 216 Å². The average Bonchev–Trinajstić information content (AvgIpc) is 2.83. The molecule has 1 aromatic carbocycles. The lowest BCUT2D eigenvalue weighted by Gasteiger charge is -2.46. The molecule has 1 saturated heterocycles. The molecule has 4 nitrogen and oxygen atoms in total. The quantitative estimate of drug-likeness (QED) is 0.388. The van der Waals surface area contributed by atoms with Gasteiger partial charge < -0.3 is 15.0 Å². The molecule has 0 bridgehead atoms. The molecule has 1 fully saturated rings. The number of piperidine rings is 1. The molecule has 1 unspecified atom stereocenters. The number of aromatic nitrogens is 1. The molecule has 0 saturated carbocycles. The first-order chi connectivity index (χ1) is 16.8. The fraction of sp³-hybridized carbons (Fsp3) is 0.500. The van der Waals surface area contributed by atoms with Gasteiger partial charge in [-0.3, -0.25) is 0 Å². The lowest BCUT2D eigenvalue weighted by Crippen LogP contribution is -2.51. The predicted octanol–water partition coefficient (Wildman–Crippen LogP) is 6.83. The zero-order chi connectivity index (χ0) is 24.8. The Balaban J connectivity index is 1.30. The number of para-hydroxylation sites is 1. The van der Waals surface area contributed by atoms with Crippen molar-refractivity contribution >= 4 is 11.6 Å². The maximum atomic E-state index is 6.26. The molecule has 0 radical (unpaired) electrons. The highest BCUT2D eigenvalue weighted by molar-refractivity contribution is 6.22. The molecule has 2 aliphatic rings. The van der Waals surface area contributed by atoms with Crippen molar-refractivity contribution in [1.82, 2.24) is 15.2 Å². The third kappa shape index (κ3) is 7.19. The van der Waals surface area contributed by atoms with Crippen molar-refractivity contribution in [2.45, 2.75) is 58.5 Å². The lowest BCUT2D eigenvalue weighted by atomic mass is 9.69. The van der Waals surface area contributed by atoms with E-state index in [1.807, 2.05) is 42.6 Å². The van der Waals surface area contributed by atoms with Crippen molar-refractivity contribution in [3.63, 3.8) is 0 Å². The zero-order valence-electron chi connectivity index (χ0n) is 21.6. The molecule has 4 rings (SSSR count). The Kier molecular flexibility index (Phi) is 8.69. The normalized spacial score (nSPS) is 23.2. The largest absolute Gasteiger partial charge is 0.439 e. The number of allylic oxidation sites excluding steroid dienone is 4. The number of benzene rings is 1. The van der Waals surface area contributed by atoms with E-state index >= 15 is 0 Å². The first kappa shape index (κ1) is 25.9. The van der Waals surface area contributed by atoms with Crippen LogP contribution in [0.25, 0.3) is 0 Å². The van der Waals surface area contributed by atoms with E-state index in [2.05, 4.69) is 67.2 Å². The van der Waals surface area contributed by atoms with Crippen LogP contribution in [0, 0.1) is 17.3 Å². The third-order valence-corrected chi connectivity index (χ3v) is 7.70. The second-order valence-corrected chi connectivity index (χ2v) is 11.6. The fourth-order valence-corrected chi connectivity index (χ4v) is 5.50.